The Balaban J connectivity index is 2.08. The second-order valence-corrected chi connectivity index (χ2v) is 10.1. The minimum atomic E-state index is 1.30. The molecule has 0 aliphatic rings. The first-order valence-electron chi connectivity index (χ1n) is 11.9. The van der Waals surface area contributed by atoms with Crippen molar-refractivity contribution in [1.82, 2.24) is 0 Å². The van der Waals surface area contributed by atoms with Crippen molar-refractivity contribution in [1.29, 1.82) is 0 Å². The maximum Gasteiger partial charge on any atom is -0.0125 e. The van der Waals surface area contributed by atoms with Crippen molar-refractivity contribution in [2.24, 2.45) is 0 Å². The van der Waals surface area contributed by atoms with Gasteiger partial charge in [0.25, 0.3) is 0 Å². The lowest BCUT2D eigenvalue weighted by atomic mass is 9.85. The Labute approximate surface area is 200 Å². The van der Waals surface area contributed by atoms with Crippen molar-refractivity contribution in [2.75, 3.05) is 0 Å². The minimum absolute atomic E-state index is 1.30. The van der Waals surface area contributed by atoms with Gasteiger partial charge in [0.2, 0.25) is 0 Å². The summed E-state index contributed by atoms with van der Waals surface area (Å²) >= 11 is 0. The molecule has 0 unspecified atom stereocenters. The summed E-state index contributed by atoms with van der Waals surface area (Å²) in [5.41, 5.74) is 20.0. The molecular weight excluding hydrogens is 396 g/mol. The topological polar surface area (TPSA) is 0 Å². The van der Waals surface area contributed by atoms with Crippen LogP contribution in [-0.4, -0.2) is 0 Å². The van der Waals surface area contributed by atoms with E-state index in [2.05, 4.69) is 117 Å². The predicted molar refractivity (Wildman–Crippen MR) is 145 cm³/mol. The van der Waals surface area contributed by atoms with Gasteiger partial charge >= 0.3 is 0 Å². The molecule has 0 atom stereocenters. The molecule has 0 fully saturated rings. The Morgan fingerprint density at radius 1 is 0.273 bits per heavy atom. The zero-order valence-electron chi connectivity index (χ0n) is 21.7. The van der Waals surface area contributed by atoms with Gasteiger partial charge in [-0.2, -0.15) is 0 Å². The molecule has 0 heterocycles. The third-order valence-corrected chi connectivity index (χ3v) is 6.83. The Morgan fingerprint density at radius 2 is 0.455 bits per heavy atom. The van der Waals surface area contributed by atoms with E-state index in [-0.39, 0.29) is 0 Å². The number of rotatable bonds is 3. The number of aryl methyl sites for hydroxylation is 9. The summed E-state index contributed by atoms with van der Waals surface area (Å²) < 4.78 is 0. The van der Waals surface area contributed by atoms with Crippen LogP contribution in [-0.2, 0) is 0 Å². The lowest BCUT2D eigenvalue weighted by Crippen LogP contribution is -1.96. The lowest BCUT2D eigenvalue weighted by molar-refractivity contribution is 1.30. The number of hydrogen-bond donors (Lipinski definition) is 0. The van der Waals surface area contributed by atoms with Gasteiger partial charge in [-0.3, -0.25) is 0 Å². The molecular formula is C33H36. The van der Waals surface area contributed by atoms with Crippen LogP contribution in [0, 0.1) is 62.3 Å². The van der Waals surface area contributed by atoms with E-state index < -0.39 is 0 Å². The molecule has 0 aliphatic carbocycles. The highest BCUT2D eigenvalue weighted by molar-refractivity contribution is 5.86. The standard InChI is InChI=1S/C33H36/c1-19-10-22(4)31(23(5)11-19)28-16-29(32-24(6)12-20(2)13-25(32)7)18-30(17-28)33-26(8)14-21(3)15-27(33)9/h10-18H,1-9H3. The van der Waals surface area contributed by atoms with E-state index in [1.165, 1.54) is 83.5 Å². The SMILES string of the molecule is Cc1cc(C)c(-c2cc(-c3c(C)cc(C)cc3C)cc(-c3c(C)cc(C)cc3C)c2)c(C)c1. The first-order valence-corrected chi connectivity index (χ1v) is 11.9. The van der Waals surface area contributed by atoms with Crippen molar-refractivity contribution in [3.05, 3.63) is 105 Å². The molecule has 0 aromatic heterocycles. The van der Waals surface area contributed by atoms with Crippen molar-refractivity contribution in [3.63, 3.8) is 0 Å². The average molecular weight is 433 g/mol. The maximum absolute atomic E-state index is 2.40. The highest BCUT2D eigenvalue weighted by atomic mass is 14.2. The normalized spacial score (nSPS) is 11.2. The van der Waals surface area contributed by atoms with Gasteiger partial charge < -0.3 is 0 Å². The van der Waals surface area contributed by atoms with E-state index in [0.717, 1.165) is 0 Å². The third kappa shape index (κ3) is 4.40. The smallest absolute Gasteiger partial charge is 0.0125 e. The number of hydrogen-bond acceptors (Lipinski definition) is 0. The predicted octanol–water partition coefficient (Wildman–Crippen LogP) is 9.46. The van der Waals surface area contributed by atoms with Crippen molar-refractivity contribution in [3.8, 4) is 33.4 Å². The maximum atomic E-state index is 2.40. The summed E-state index contributed by atoms with van der Waals surface area (Å²) in [6.07, 6.45) is 0. The van der Waals surface area contributed by atoms with E-state index in [4.69, 9.17) is 0 Å². The highest BCUT2D eigenvalue weighted by Crippen LogP contribution is 2.39. The van der Waals surface area contributed by atoms with Gasteiger partial charge in [0.05, 0.1) is 0 Å². The number of benzene rings is 4. The summed E-state index contributed by atoms with van der Waals surface area (Å²) in [6.45, 7) is 20.0. The van der Waals surface area contributed by atoms with Crippen LogP contribution in [0.1, 0.15) is 50.1 Å². The average Bonchev–Trinajstić information content (AvgIpc) is 2.65. The molecule has 4 aromatic carbocycles. The molecule has 33 heavy (non-hydrogen) atoms. The summed E-state index contributed by atoms with van der Waals surface area (Å²) in [7, 11) is 0. The first-order chi connectivity index (χ1) is 15.5. The minimum Gasteiger partial charge on any atom is -0.0557 e. The second kappa shape index (κ2) is 8.67. The summed E-state index contributed by atoms with van der Waals surface area (Å²) in [5.74, 6) is 0. The van der Waals surface area contributed by atoms with Crippen LogP contribution in [0.5, 0.6) is 0 Å². The van der Waals surface area contributed by atoms with Gasteiger partial charge in [-0.25, -0.2) is 0 Å². The fourth-order valence-corrected chi connectivity index (χ4v) is 5.97. The van der Waals surface area contributed by atoms with E-state index in [0.29, 0.717) is 0 Å². The van der Waals surface area contributed by atoms with Crippen molar-refractivity contribution < 1.29 is 0 Å². The summed E-state index contributed by atoms with van der Waals surface area (Å²) in [6, 6.07) is 21.0. The largest absolute Gasteiger partial charge is 0.0557 e. The van der Waals surface area contributed by atoms with E-state index in [1.807, 2.05) is 0 Å². The molecule has 0 nitrogen and oxygen atoms in total. The van der Waals surface area contributed by atoms with Crippen LogP contribution in [0.3, 0.4) is 0 Å². The molecule has 0 saturated carbocycles. The molecule has 168 valence electrons. The molecule has 0 aliphatic heterocycles. The van der Waals surface area contributed by atoms with Crippen LogP contribution in [0.2, 0.25) is 0 Å². The fraction of sp³-hybridized carbons (Fsp3) is 0.273. The van der Waals surface area contributed by atoms with Crippen LogP contribution in [0.25, 0.3) is 33.4 Å². The van der Waals surface area contributed by atoms with Gasteiger partial charge in [-0.15, -0.1) is 0 Å². The zero-order valence-corrected chi connectivity index (χ0v) is 21.7. The Kier molecular flexibility index (Phi) is 6.06. The van der Waals surface area contributed by atoms with Gasteiger partial charge in [-0.1, -0.05) is 53.1 Å². The van der Waals surface area contributed by atoms with Crippen LogP contribution < -0.4 is 0 Å². The Hall–Kier alpha value is -3.12. The monoisotopic (exact) mass is 432 g/mol. The fourth-order valence-electron chi connectivity index (χ4n) is 5.97. The van der Waals surface area contributed by atoms with Crippen molar-refractivity contribution >= 4 is 0 Å². The molecule has 0 saturated heterocycles. The summed E-state index contributed by atoms with van der Waals surface area (Å²) in [4.78, 5) is 0. The van der Waals surface area contributed by atoms with Crippen LogP contribution in [0.15, 0.2) is 54.6 Å². The van der Waals surface area contributed by atoms with Crippen molar-refractivity contribution in [2.45, 2.75) is 62.3 Å². The van der Waals surface area contributed by atoms with E-state index >= 15 is 0 Å². The van der Waals surface area contributed by atoms with E-state index in [9.17, 15) is 0 Å². The van der Waals surface area contributed by atoms with Crippen LogP contribution >= 0.6 is 0 Å². The molecule has 0 amide bonds. The second-order valence-electron chi connectivity index (χ2n) is 10.1. The first kappa shape index (κ1) is 23.1. The van der Waals surface area contributed by atoms with E-state index in [1.54, 1.807) is 0 Å². The summed E-state index contributed by atoms with van der Waals surface area (Å²) in [5, 5.41) is 0. The van der Waals surface area contributed by atoms with Gasteiger partial charge in [-0.05, 0) is 147 Å². The molecule has 0 bridgehead atoms. The molecule has 0 N–H and O–H groups in total. The molecule has 4 rings (SSSR count). The molecule has 4 aromatic rings. The lowest BCUT2D eigenvalue weighted by Gasteiger charge is -2.19. The Morgan fingerprint density at radius 3 is 0.636 bits per heavy atom. The highest BCUT2D eigenvalue weighted by Gasteiger charge is 2.16. The quantitative estimate of drug-likeness (QED) is 0.302. The Bertz CT molecular complexity index is 1130. The zero-order chi connectivity index (χ0) is 24.0. The van der Waals surface area contributed by atoms with Gasteiger partial charge in [0, 0.05) is 0 Å². The van der Waals surface area contributed by atoms with Crippen LogP contribution in [0.4, 0.5) is 0 Å². The third-order valence-electron chi connectivity index (χ3n) is 6.83. The van der Waals surface area contributed by atoms with Gasteiger partial charge in [0.1, 0.15) is 0 Å². The molecule has 0 heteroatoms. The van der Waals surface area contributed by atoms with Gasteiger partial charge in [0.15, 0.2) is 0 Å². The molecule has 0 spiro atoms. The molecule has 0 radical (unpaired) electrons.